The van der Waals surface area contributed by atoms with Crippen molar-refractivity contribution in [1.82, 2.24) is 18.8 Å². The quantitative estimate of drug-likeness (QED) is 0.691. The Kier molecular flexibility index (Phi) is 4.74. The first-order valence-electron chi connectivity index (χ1n) is 8.94. The van der Waals surface area contributed by atoms with Crippen LogP contribution in [0, 0.1) is 0 Å². The zero-order valence-electron chi connectivity index (χ0n) is 15.0. The third-order valence-electron chi connectivity index (χ3n) is 5.13. The van der Waals surface area contributed by atoms with Crippen LogP contribution in [0.2, 0.25) is 0 Å². The van der Waals surface area contributed by atoms with Gasteiger partial charge in [0.05, 0.1) is 13.4 Å². The summed E-state index contributed by atoms with van der Waals surface area (Å²) in [5.41, 5.74) is 2.39. The Bertz CT molecular complexity index is 964. The van der Waals surface area contributed by atoms with E-state index in [9.17, 15) is 4.79 Å². The van der Waals surface area contributed by atoms with Crippen LogP contribution in [0.3, 0.4) is 0 Å². The fourth-order valence-electron chi connectivity index (χ4n) is 3.67. The van der Waals surface area contributed by atoms with Crippen molar-refractivity contribution in [2.45, 2.75) is 32.4 Å². The third-order valence-corrected chi connectivity index (χ3v) is 5.95. The molecule has 4 rings (SSSR count). The summed E-state index contributed by atoms with van der Waals surface area (Å²) in [7, 11) is 1.64. The molecule has 26 heavy (non-hydrogen) atoms. The van der Waals surface area contributed by atoms with Gasteiger partial charge in [0.25, 0.3) is 5.56 Å². The molecule has 0 radical (unpaired) electrons. The topological polar surface area (TPSA) is 60.3 Å². The standard InChI is InChI=1S/C19H22N4O2S/c1-3-22-10-4-5-14(22)11-23-12-20-17-16(21-26-18(17)19(23)24)13-6-8-15(25-2)9-7-13/h6-9,12,14H,3-5,10-11H2,1-2H3/t14-/m1/s1. The molecular formula is C19H22N4O2S. The molecule has 0 spiro atoms. The van der Waals surface area contributed by atoms with Crippen molar-refractivity contribution >= 4 is 21.7 Å². The van der Waals surface area contributed by atoms with Gasteiger partial charge < -0.3 is 4.74 Å². The molecule has 1 aliphatic heterocycles. The van der Waals surface area contributed by atoms with Crippen molar-refractivity contribution in [1.29, 1.82) is 0 Å². The molecule has 0 bridgehead atoms. The molecule has 0 unspecified atom stereocenters. The molecule has 3 aromatic rings. The summed E-state index contributed by atoms with van der Waals surface area (Å²) < 4.78 is 12.1. The van der Waals surface area contributed by atoms with E-state index in [0.717, 1.165) is 36.5 Å². The molecule has 1 aliphatic rings. The Labute approximate surface area is 156 Å². The maximum absolute atomic E-state index is 12.9. The summed E-state index contributed by atoms with van der Waals surface area (Å²) in [5, 5.41) is 0. The highest BCUT2D eigenvalue weighted by atomic mass is 32.1. The van der Waals surface area contributed by atoms with Gasteiger partial charge in [-0.2, -0.15) is 4.37 Å². The molecule has 136 valence electrons. The highest BCUT2D eigenvalue weighted by Crippen LogP contribution is 2.28. The van der Waals surface area contributed by atoms with Crippen LogP contribution in [0.1, 0.15) is 19.8 Å². The Hall–Kier alpha value is -2.25. The van der Waals surface area contributed by atoms with Gasteiger partial charge in [-0.25, -0.2) is 4.98 Å². The number of methoxy groups -OCH3 is 1. The first-order chi connectivity index (χ1) is 12.7. The first kappa shape index (κ1) is 17.2. The Balaban J connectivity index is 1.67. The highest BCUT2D eigenvalue weighted by Gasteiger charge is 2.24. The van der Waals surface area contributed by atoms with Crippen molar-refractivity contribution in [3.63, 3.8) is 0 Å². The normalized spacial score (nSPS) is 17.8. The van der Waals surface area contributed by atoms with Crippen molar-refractivity contribution < 1.29 is 4.74 Å². The lowest BCUT2D eigenvalue weighted by Crippen LogP contribution is -2.35. The molecule has 1 saturated heterocycles. The molecule has 7 heteroatoms. The second kappa shape index (κ2) is 7.17. The Morgan fingerprint density at radius 1 is 1.31 bits per heavy atom. The van der Waals surface area contributed by atoms with E-state index in [1.54, 1.807) is 18.0 Å². The number of likely N-dealkylation sites (tertiary alicyclic amines) is 1. The molecule has 0 amide bonds. The van der Waals surface area contributed by atoms with E-state index in [1.165, 1.54) is 18.0 Å². The number of hydrogen-bond donors (Lipinski definition) is 0. The second-order valence-corrected chi connectivity index (χ2v) is 7.34. The largest absolute Gasteiger partial charge is 0.497 e. The lowest BCUT2D eigenvalue weighted by Gasteiger charge is -2.23. The Morgan fingerprint density at radius 2 is 2.12 bits per heavy atom. The van der Waals surface area contributed by atoms with Crippen molar-refractivity contribution in [2.24, 2.45) is 0 Å². The number of benzene rings is 1. The van der Waals surface area contributed by atoms with Gasteiger partial charge >= 0.3 is 0 Å². The second-order valence-electron chi connectivity index (χ2n) is 6.56. The zero-order chi connectivity index (χ0) is 18.1. The molecule has 0 aliphatic carbocycles. The fraction of sp³-hybridized carbons (Fsp3) is 0.421. The molecule has 0 saturated carbocycles. The monoisotopic (exact) mass is 370 g/mol. The van der Waals surface area contributed by atoms with E-state index in [1.807, 2.05) is 24.3 Å². The van der Waals surface area contributed by atoms with E-state index in [2.05, 4.69) is 21.2 Å². The van der Waals surface area contributed by atoms with Gasteiger partial charge in [-0.3, -0.25) is 14.3 Å². The van der Waals surface area contributed by atoms with Gasteiger partial charge in [0.15, 0.2) is 0 Å². The molecular weight excluding hydrogens is 348 g/mol. The Morgan fingerprint density at radius 3 is 2.85 bits per heavy atom. The highest BCUT2D eigenvalue weighted by molar-refractivity contribution is 7.13. The van der Waals surface area contributed by atoms with Gasteiger partial charge in [-0.05, 0) is 61.7 Å². The summed E-state index contributed by atoms with van der Waals surface area (Å²) in [4.78, 5) is 19.9. The van der Waals surface area contributed by atoms with Gasteiger partial charge in [-0.15, -0.1) is 0 Å². The molecule has 2 aromatic heterocycles. The minimum Gasteiger partial charge on any atom is -0.497 e. The van der Waals surface area contributed by atoms with Crippen LogP contribution in [-0.2, 0) is 6.54 Å². The maximum Gasteiger partial charge on any atom is 0.272 e. The van der Waals surface area contributed by atoms with Gasteiger partial charge in [0.1, 0.15) is 21.7 Å². The van der Waals surface area contributed by atoms with E-state index < -0.39 is 0 Å². The van der Waals surface area contributed by atoms with E-state index in [4.69, 9.17) is 4.74 Å². The minimum atomic E-state index is 0.00946. The summed E-state index contributed by atoms with van der Waals surface area (Å²) in [6.07, 6.45) is 4.02. The maximum atomic E-state index is 12.9. The van der Waals surface area contributed by atoms with Gasteiger partial charge in [-0.1, -0.05) is 6.92 Å². The lowest BCUT2D eigenvalue weighted by molar-refractivity contribution is 0.242. The molecule has 6 nitrogen and oxygen atoms in total. The van der Waals surface area contributed by atoms with Crippen molar-refractivity contribution in [3.8, 4) is 17.0 Å². The number of ether oxygens (including phenoxy) is 1. The molecule has 0 N–H and O–H groups in total. The van der Waals surface area contributed by atoms with Crippen molar-refractivity contribution in [2.75, 3.05) is 20.2 Å². The molecule has 1 aromatic carbocycles. The SMILES string of the molecule is CCN1CCC[C@@H]1Cn1cnc2c(-c3ccc(OC)cc3)nsc2c1=O. The fourth-order valence-corrected chi connectivity index (χ4v) is 4.47. The van der Waals surface area contributed by atoms with Crippen LogP contribution in [-0.4, -0.2) is 45.1 Å². The lowest BCUT2D eigenvalue weighted by atomic mass is 10.1. The smallest absolute Gasteiger partial charge is 0.272 e. The third kappa shape index (κ3) is 3.01. The number of aromatic nitrogens is 3. The van der Waals surface area contributed by atoms with Crippen LogP contribution in [0.15, 0.2) is 35.4 Å². The van der Waals surface area contributed by atoms with E-state index in [-0.39, 0.29) is 5.56 Å². The van der Waals surface area contributed by atoms with Crippen LogP contribution in [0.4, 0.5) is 0 Å². The van der Waals surface area contributed by atoms with Crippen LogP contribution < -0.4 is 10.3 Å². The number of rotatable bonds is 5. The van der Waals surface area contributed by atoms with Gasteiger partial charge in [0, 0.05) is 18.2 Å². The summed E-state index contributed by atoms with van der Waals surface area (Å²) in [5.74, 6) is 0.792. The predicted molar refractivity (Wildman–Crippen MR) is 104 cm³/mol. The minimum absolute atomic E-state index is 0.00946. The predicted octanol–water partition coefficient (Wildman–Crippen LogP) is 3.01. The van der Waals surface area contributed by atoms with Crippen LogP contribution in [0.25, 0.3) is 21.5 Å². The number of likely N-dealkylation sites (N-methyl/N-ethyl adjacent to an activating group) is 1. The molecule has 1 fully saturated rings. The van der Waals surface area contributed by atoms with Crippen LogP contribution >= 0.6 is 11.5 Å². The first-order valence-corrected chi connectivity index (χ1v) is 9.72. The average Bonchev–Trinajstić information content (AvgIpc) is 3.31. The van der Waals surface area contributed by atoms with E-state index >= 15 is 0 Å². The number of hydrogen-bond acceptors (Lipinski definition) is 6. The summed E-state index contributed by atoms with van der Waals surface area (Å²) in [6.45, 7) is 5.02. The zero-order valence-corrected chi connectivity index (χ0v) is 15.8. The average molecular weight is 370 g/mol. The molecule has 3 heterocycles. The summed E-state index contributed by atoms with van der Waals surface area (Å²) in [6, 6.07) is 8.09. The molecule has 1 atom stereocenters. The van der Waals surface area contributed by atoms with E-state index in [0.29, 0.717) is 22.8 Å². The number of fused-ring (bicyclic) bond motifs is 1. The van der Waals surface area contributed by atoms with Crippen LogP contribution in [0.5, 0.6) is 5.75 Å². The van der Waals surface area contributed by atoms with Crippen molar-refractivity contribution in [3.05, 3.63) is 40.9 Å². The summed E-state index contributed by atoms with van der Waals surface area (Å²) >= 11 is 1.23. The number of nitrogens with zero attached hydrogens (tertiary/aromatic N) is 4. The van der Waals surface area contributed by atoms with Gasteiger partial charge in [0.2, 0.25) is 0 Å².